The second kappa shape index (κ2) is 7.04. The van der Waals surface area contributed by atoms with Crippen LogP contribution in [0.15, 0.2) is 28.2 Å². The molecule has 0 saturated carbocycles. The molecule has 1 saturated heterocycles. The second-order valence-electron chi connectivity index (χ2n) is 6.10. The lowest BCUT2D eigenvalue weighted by Gasteiger charge is -2.18. The number of amidine groups is 1. The van der Waals surface area contributed by atoms with Crippen molar-refractivity contribution in [3.8, 4) is 0 Å². The summed E-state index contributed by atoms with van der Waals surface area (Å²) in [6.07, 6.45) is 4.41. The Balaban J connectivity index is 1.90. The van der Waals surface area contributed by atoms with Gasteiger partial charge in [0.2, 0.25) is 0 Å². The zero-order chi connectivity index (χ0) is 16.2. The fourth-order valence-corrected chi connectivity index (χ4v) is 3.11. The number of aryl methyl sites for hydroxylation is 2. The molecule has 2 heterocycles. The molecule has 0 radical (unpaired) electrons. The number of nitrogens with zero attached hydrogens (tertiary/aromatic N) is 4. The van der Waals surface area contributed by atoms with E-state index in [1.165, 1.54) is 5.39 Å². The van der Waals surface area contributed by atoms with Crippen molar-refractivity contribution < 1.29 is 0 Å². The highest BCUT2D eigenvalue weighted by Gasteiger charge is 2.12. The van der Waals surface area contributed by atoms with E-state index in [1.54, 1.807) is 0 Å². The SMILES string of the molecule is CC/N=C(\N=C\C1CCNCC1)c1ccc2c(c1)c(C)nn2C. The van der Waals surface area contributed by atoms with Crippen LogP contribution in [0.2, 0.25) is 0 Å². The monoisotopic (exact) mass is 311 g/mol. The van der Waals surface area contributed by atoms with E-state index in [2.05, 4.69) is 39.8 Å². The summed E-state index contributed by atoms with van der Waals surface area (Å²) in [4.78, 5) is 9.32. The molecule has 3 rings (SSSR count). The number of aromatic nitrogens is 2. The van der Waals surface area contributed by atoms with Crippen molar-refractivity contribution in [2.75, 3.05) is 19.6 Å². The van der Waals surface area contributed by atoms with Gasteiger partial charge in [-0.2, -0.15) is 5.10 Å². The summed E-state index contributed by atoms with van der Waals surface area (Å²) in [5.41, 5.74) is 3.26. The lowest BCUT2D eigenvalue weighted by atomic mass is 10.00. The van der Waals surface area contributed by atoms with Gasteiger partial charge < -0.3 is 5.32 Å². The third kappa shape index (κ3) is 3.50. The maximum Gasteiger partial charge on any atom is 0.154 e. The third-order valence-electron chi connectivity index (χ3n) is 4.39. The standard InChI is InChI=1S/C18H25N5/c1-4-20-18(21-12-14-7-9-19-10-8-14)15-5-6-17-16(11-15)13(2)22-23(17)3/h5-6,11-12,14,19H,4,7-10H2,1-3H3/b20-18-,21-12+. The summed E-state index contributed by atoms with van der Waals surface area (Å²) in [6, 6.07) is 6.36. The largest absolute Gasteiger partial charge is 0.317 e. The maximum absolute atomic E-state index is 4.72. The van der Waals surface area contributed by atoms with E-state index >= 15 is 0 Å². The molecule has 1 aromatic heterocycles. The number of hydrogen-bond acceptors (Lipinski definition) is 3. The van der Waals surface area contributed by atoms with Gasteiger partial charge in [0.1, 0.15) is 0 Å². The van der Waals surface area contributed by atoms with Crippen molar-refractivity contribution in [1.29, 1.82) is 0 Å². The molecule has 0 unspecified atom stereocenters. The molecular weight excluding hydrogens is 286 g/mol. The number of rotatable bonds is 3. The predicted octanol–water partition coefficient (Wildman–Crippen LogP) is 2.72. The van der Waals surface area contributed by atoms with Gasteiger partial charge in [-0.05, 0) is 63.9 Å². The number of benzene rings is 1. The van der Waals surface area contributed by atoms with Gasteiger partial charge in [0.25, 0.3) is 0 Å². The number of fused-ring (bicyclic) bond motifs is 1. The average molecular weight is 311 g/mol. The van der Waals surface area contributed by atoms with Crippen LogP contribution in [-0.2, 0) is 7.05 Å². The topological polar surface area (TPSA) is 54.6 Å². The van der Waals surface area contributed by atoms with E-state index < -0.39 is 0 Å². The Kier molecular flexibility index (Phi) is 4.86. The molecule has 5 nitrogen and oxygen atoms in total. The highest BCUT2D eigenvalue weighted by molar-refractivity contribution is 6.05. The number of nitrogens with one attached hydrogen (secondary N) is 1. The van der Waals surface area contributed by atoms with E-state index in [4.69, 9.17) is 4.99 Å². The van der Waals surface area contributed by atoms with E-state index in [9.17, 15) is 0 Å². The van der Waals surface area contributed by atoms with Gasteiger partial charge >= 0.3 is 0 Å². The Morgan fingerprint density at radius 1 is 1.39 bits per heavy atom. The third-order valence-corrected chi connectivity index (χ3v) is 4.39. The average Bonchev–Trinajstić information content (AvgIpc) is 2.86. The Morgan fingerprint density at radius 3 is 2.91 bits per heavy atom. The summed E-state index contributed by atoms with van der Waals surface area (Å²) in [5, 5.41) is 9.05. The van der Waals surface area contributed by atoms with Crippen molar-refractivity contribution in [2.24, 2.45) is 23.0 Å². The molecule has 0 amide bonds. The Labute approximate surface area is 137 Å². The van der Waals surface area contributed by atoms with Crippen molar-refractivity contribution in [2.45, 2.75) is 26.7 Å². The van der Waals surface area contributed by atoms with Gasteiger partial charge in [-0.25, -0.2) is 4.99 Å². The fraction of sp³-hybridized carbons (Fsp3) is 0.500. The Hall–Kier alpha value is -2.01. The van der Waals surface area contributed by atoms with Crippen LogP contribution >= 0.6 is 0 Å². The molecule has 0 aliphatic carbocycles. The highest BCUT2D eigenvalue weighted by Crippen LogP contribution is 2.20. The minimum atomic E-state index is 0.558. The van der Waals surface area contributed by atoms with Gasteiger partial charge in [0.05, 0.1) is 11.2 Å². The number of piperidine rings is 1. The first kappa shape index (κ1) is 15.9. The predicted molar refractivity (Wildman–Crippen MR) is 96.6 cm³/mol. The Bertz CT molecular complexity index is 735. The molecule has 0 spiro atoms. The number of hydrogen-bond donors (Lipinski definition) is 1. The van der Waals surface area contributed by atoms with Crippen LogP contribution in [0.3, 0.4) is 0 Å². The smallest absolute Gasteiger partial charge is 0.154 e. The van der Waals surface area contributed by atoms with Crippen LogP contribution in [0.5, 0.6) is 0 Å². The van der Waals surface area contributed by atoms with Crippen LogP contribution in [0.4, 0.5) is 0 Å². The van der Waals surface area contributed by atoms with Crippen molar-refractivity contribution in [1.82, 2.24) is 15.1 Å². The molecule has 1 aromatic carbocycles. The summed E-state index contributed by atoms with van der Waals surface area (Å²) < 4.78 is 1.92. The van der Waals surface area contributed by atoms with E-state index in [0.29, 0.717) is 5.92 Å². The summed E-state index contributed by atoms with van der Waals surface area (Å²) in [6.45, 7) is 6.99. The minimum absolute atomic E-state index is 0.558. The zero-order valence-corrected chi connectivity index (χ0v) is 14.2. The molecule has 1 aliphatic rings. The van der Waals surface area contributed by atoms with Gasteiger partial charge in [0.15, 0.2) is 5.84 Å². The second-order valence-corrected chi connectivity index (χ2v) is 6.10. The lowest BCUT2D eigenvalue weighted by Crippen LogP contribution is -2.28. The molecule has 122 valence electrons. The van der Waals surface area contributed by atoms with Crippen molar-refractivity contribution in [3.05, 3.63) is 29.5 Å². The van der Waals surface area contributed by atoms with Crippen LogP contribution in [0, 0.1) is 12.8 Å². The highest BCUT2D eigenvalue weighted by atomic mass is 15.3. The first-order valence-corrected chi connectivity index (χ1v) is 8.42. The quantitative estimate of drug-likeness (QED) is 0.700. The van der Waals surface area contributed by atoms with Crippen LogP contribution in [0.25, 0.3) is 10.9 Å². The molecule has 1 N–H and O–H groups in total. The molecule has 1 aliphatic heterocycles. The van der Waals surface area contributed by atoms with E-state index in [1.807, 2.05) is 25.6 Å². The van der Waals surface area contributed by atoms with Crippen LogP contribution in [0.1, 0.15) is 31.0 Å². The van der Waals surface area contributed by atoms with Crippen LogP contribution < -0.4 is 5.32 Å². The minimum Gasteiger partial charge on any atom is -0.317 e. The van der Waals surface area contributed by atoms with Crippen molar-refractivity contribution >= 4 is 23.0 Å². The number of aliphatic imine (C=N–C) groups is 2. The molecule has 23 heavy (non-hydrogen) atoms. The first-order chi connectivity index (χ1) is 11.2. The van der Waals surface area contributed by atoms with Gasteiger partial charge in [-0.15, -0.1) is 0 Å². The van der Waals surface area contributed by atoms with Crippen LogP contribution in [-0.4, -0.2) is 41.5 Å². The van der Waals surface area contributed by atoms with Gasteiger partial charge in [-0.3, -0.25) is 9.67 Å². The van der Waals surface area contributed by atoms with Crippen molar-refractivity contribution in [3.63, 3.8) is 0 Å². The van der Waals surface area contributed by atoms with E-state index in [0.717, 1.165) is 55.1 Å². The normalized spacial score (nSPS) is 17.4. The molecule has 1 fully saturated rings. The first-order valence-electron chi connectivity index (χ1n) is 8.42. The molecule has 0 atom stereocenters. The molecular formula is C18H25N5. The zero-order valence-electron chi connectivity index (χ0n) is 14.2. The molecule has 2 aromatic rings. The molecule has 5 heteroatoms. The molecule has 0 bridgehead atoms. The van der Waals surface area contributed by atoms with E-state index in [-0.39, 0.29) is 0 Å². The summed E-state index contributed by atoms with van der Waals surface area (Å²) >= 11 is 0. The summed E-state index contributed by atoms with van der Waals surface area (Å²) in [7, 11) is 1.98. The fourth-order valence-electron chi connectivity index (χ4n) is 3.11. The maximum atomic E-state index is 4.72. The summed E-state index contributed by atoms with van der Waals surface area (Å²) in [5.74, 6) is 1.39. The Morgan fingerprint density at radius 2 is 2.17 bits per heavy atom. The van der Waals surface area contributed by atoms with Gasteiger partial charge in [-0.1, -0.05) is 0 Å². The van der Waals surface area contributed by atoms with Gasteiger partial charge in [0, 0.05) is 30.8 Å². The lowest BCUT2D eigenvalue weighted by molar-refractivity contribution is 0.462.